The van der Waals surface area contributed by atoms with Crippen LogP contribution in [0.3, 0.4) is 0 Å². The zero-order chi connectivity index (χ0) is 14.6. The normalized spacial score (nSPS) is 18.3. The molecule has 0 N–H and O–H groups in total. The Labute approximate surface area is 119 Å². The summed E-state index contributed by atoms with van der Waals surface area (Å²) in [7, 11) is -3.70. The van der Waals surface area contributed by atoms with Crippen molar-refractivity contribution < 1.29 is 17.0 Å². The van der Waals surface area contributed by atoms with Crippen LogP contribution in [0, 0.1) is 6.92 Å². The van der Waals surface area contributed by atoms with Gasteiger partial charge < -0.3 is 4.90 Å². The van der Waals surface area contributed by atoms with E-state index in [0.717, 1.165) is 5.56 Å². The van der Waals surface area contributed by atoms with Crippen molar-refractivity contribution in [1.82, 2.24) is 4.90 Å². The Morgan fingerprint density at radius 2 is 1.85 bits per heavy atom. The molecular weight excluding hydrogens is 281 g/mol. The van der Waals surface area contributed by atoms with E-state index in [9.17, 15) is 12.8 Å². The summed E-state index contributed by atoms with van der Waals surface area (Å²) >= 11 is 0. The minimum atomic E-state index is -3.70. The van der Waals surface area contributed by atoms with E-state index < -0.39 is 10.1 Å². The third-order valence-corrected chi connectivity index (χ3v) is 4.88. The van der Waals surface area contributed by atoms with Gasteiger partial charge in [-0.25, -0.2) is 4.39 Å². The molecule has 1 fully saturated rings. The fraction of sp³-hybridized carbons (Fsp3) is 0.571. The van der Waals surface area contributed by atoms with Crippen molar-refractivity contribution in [1.29, 1.82) is 0 Å². The zero-order valence-corrected chi connectivity index (χ0v) is 12.4. The molecule has 112 valence electrons. The summed E-state index contributed by atoms with van der Waals surface area (Å²) < 4.78 is 41.8. The van der Waals surface area contributed by atoms with E-state index in [1.165, 1.54) is 0 Å². The van der Waals surface area contributed by atoms with Crippen LogP contribution in [-0.4, -0.2) is 45.7 Å². The van der Waals surface area contributed by atoms with E-state index in [0.29, 0.717) is 32.5 Å². The quantitative estimate of drug-likeness (QED) is 0.782. The smallest absolute Gasteiger partial charge is 0.297 e. The number of likely N-dealkylation sites (tertiary alicyclic amines) is 1. The molecule has 0 spiro atoms. The Kier molecular flexibility index (Phi) is 5.12. The molecule has 1 aromatic rings. The molecule has 0 saturated carbocycles. The molecule has 1 heterocycles. The van der Waals surface area contributed by atoms with Gasteiger partial charge in [-0.1, -0.05) is 17.7 Å². The van der Waals surface area contributed by atoms with E-state index >= 15 is 0 Å². The number of alkyl halides is 1. The van der Waals surface area contributed by atoms with Gasteiger partial charge in [-0.05, 0) is 31.9 Å². The summed E-state index contributed by atoms with van der Waals surface area (Å²) in [6.45, 7) is 3.30. The van der Waals surface area contributed by atoms with Gasteiger partial charge in [0, 0.05) is 19.6 Å². The Balaban J connectivity index is 1.94. The highest BCUT2D eigenvalue weighted by atomic mass is 32.2. The van der Waals surface area contributed by atoms with Crippen molar-refractivity contribution in [2.45, 2.75) is 30.8 Å². The van der Waals surface area contributed by atoms with E-state index in [1.807, 2.05) is 11.8 Å². The predicted molar refractivity (Wildman–Crippen MR) is 74.9 cm³/mol. The van der Waals surface area contributed by atoms with Crippen molar-refractivity contribution in [3.05, 3.63) is 29.8 Å². The maximum absolute atomic E-state index is 12.2. The Morgan fingerprint density at radius 3 is 2.40 bits per heavy atom. The molecular formula is C14H20FNO3S. The van der Waals surface area contributed by atoms with Crippen LogP contribution < -0.4 is 0 Å². The molecule has 4 nitrogen and oxygen atoms in total. The Bertz CT molecular complexity index is 522. The molecule has 0 amide bonds. The number of halogens is 1. The summed E-state index contributed by atoms with van der Waals surface area (Å²) in [5.41, 5.74) is 1.00. The average Bonchev–Trinajstić information content (AvgIpc) is 2.41. The number of rotatable bonds is 5. The van der Waals surface area contributed by atoms with Crippen LogP contribution in [0.1, 0.15) is 18.4 Å². The first-order chi connectivity index (χ1) is 9.51. The first kappa shape index (κ1) is 15.4. The van der Waals surface area contributed by atoms with Crippen molar-refractivity contribution >= 4 is 10.1 Å². The minimum absolute atomic E-state index is 0.189. The maximum Gasteiger partial charge on any atom is 0.297 e. The topological polar surface area (TPSA) is 46.6 Å². The third kappa shape index (κ3) is 4.01. The van der Waals surface area contributed by atoms with Gasteiger partial charge >= 0.3 is 0 Å². The molecule has 2 rings (SSSR count). The van der Waals surface area contributed by atoms with Crippen LogP contribution in [0.2, 0.25) is 0 Å². The minimum Gasteiger partial charge on any atom is -0.301 e. The summed E-state index contributed by atoms with van der Waals surface area (Å²) in [5, 5.41) is 0. The van der Waals surface area contributed by atoms with Crippen LogP contribution in [-0.2, 0) is 14.3 Å². The van der Waals surface area contributed by atoms with Gasteiger partial charge in [0.15, 0.2) is 0 Å². The first-order valence-electron chi connectivity index (χ1n) is 6.79. The van der Waals surface area contributed by atoms with Crippen LogP contribution in [0.5, 0.6) is 0 Å². The summed E-state index contributed by atoms with van der Waals surface area (Å²) in [5.74, 6) is 0. The predicted octanol–water partition coefficient (Wildman–Crippen LogP) is 2.13. The molecule has 1 aliphatic rings. The Hall–Kier alpha value is -0.980. The van der Waals surface area contributed by atoms with Crippen molar-refractivity contribution in [3.63, 3.8) is 0 Å². The van der Waals surface area contributed by atoms with Gasteiger partial charge in [0.2, 0.25) is 0 Å². The zero-order valence-electron chi connectivity index (χ0n) is 11.6. The summed E-state index contributed by atoms with van der Waals surface area (Å²) in [6, 6.07) is 6.62. The molecule has 1 aromatic carbocycles. The van der Waals surface area contributed by atoms with Gasteiger partial charge in [-0.15, -0.1) is 0 Å². The van der Waals surface area contributed by atoms with Crippen LogP contribution >= 0.6 is 0 Å². The second kappa shape index (κ2) is 6.65. The molecule has 20 heavy (non-hydrogen) atoms. The van der Waals surface area contributed by atoms with E-state index in [2.05, 4.69) is 0 Å². The molecule has 0 radical (unpaired) electrons. The van der Waals surface area contributed by atoms with Gasteiger partial charge in [0.1, 0.15) is 6.67 Å². The van der Waals surface area contributed by atoms with Crippen molar-refractivity contribution in [3.8, 4) is 0 Å². The average molecular weight is 301 g/mol. The molecule has 1 saturated heterocycles. The highest BCUT2D eigenvalue weighted by Gasteiger charge is 2.25. The SMILES string of the molecule is Cc1ccc(S(=O)(=O)OC2CCN(CCF)CC2)cc1. The monoisotopic (exact) mass is 301 g/mol. The fourth-order valence-electron chi connectivity index (χ4n) is 2.29. The summed E-state index contributed by atoms with van der Waals surface area (Å²) in [6.07, 6.45) is 0.924. The third-order valence-electron chi connectivity index (χ3n) is 3.51. The highest BCUT2D eigenvalue weighted by Crippen LogP contribution is 2.20. The van der Waals surface area contributed by atoms with Crippen LogP contribution in [0.15, 0.2) is 29.2 Å². The number of hydrogen-bond acceptors (Lipinski definition) is 4. The lowest BCUT2D eigenvalue weighted by molar-refractivity contribution is 0.102. The highest BCUT2D eigenvalue weighted by molar-refractivity contribution is 7.86. The largest absolute Gasteiger partial charge is 0.301 e. The maximum atomic E-state index is 12.2. The van der Waals surface area contributed by atoms with Crippen LogP contribution in [0.4, 0.5) is 4.39 Å². The van der Waals surface area contributed by atoms with Gasteiger partial charge in [0.05, 0.1) is 11.0 Å². The second-order valence-corrected chi connectivity index (χ2v) is 6.67. The summed E-state index contributed by atoms with van der Waals surface area (Å²) in [4.78, 5) is 2.17. The number of benzene rings is 1. The lowest BCUT2D eigenvalue weighted by Gasteiger charge is -2.30. The van der Waals surface area contributed by atoms with Gasteiger partial charge in [-0.2, -0.15) is 8.42 Å². The molecule has 0 aliphatic carbocycles. The molecule has 0 atom stereocenters. The van der Waals surface area contributed by atoms with Gasteiger partial charge in [-0.3, -0.25) is 4.18 Å². The standard InChI is InChI=1S/C14H20FNO3S/c1-12-2-4-14(5-3-12)20(17,18)19-13-6-9-16(10-7-13)11-8-15/h2-5,13H,6-11H2,1H3. The molecule has 0 unspecified atom stereocenters. The molecule has 0 bridgehead atoms. The molecule has 0 aromatic heterocycles. The fourth-order valence-corrected chi connectivity index (χ4v) is 3.42. The Morgan fingerprint density at radius 1 is 1.25 bits per heavy atom. The molecule has 6 heteroatoms. The number of piperidine rings is 1. The van der Waals surface area contributed by atoms with E-state index in [-0.39, 0.29) is 17.7 Å². The number of hydrogen-bond donors (Lipinski definition) is 0. The van der Waals surface area contributed by atoms with Crippen LogP contribution in [0.25, 0.3) is 0 Å². The second-order valence-electron chi connectivity index (χ2n) is 5.09. The van der Waals surface area contributed by atoms with E-state index in [1.54, 1.807) is 24.3 Å². The lowest BCUT2D eigenvalue weighted by Crippen LogP contribution is -2.38. The number of aryl methyl sites for hydroxylation is 1. The first-order valence-corrected chi connectivity index (χ1v) is 8.20. The number of nitrogens with zero attached hydrogens (tertiary/aromatic N) is 1. The lowest BCUT2D eigenvalue weighted by atomic mass is 10.1. The van der Waals surface area contributed by atoms with Gasteiger partial charge in [0.25, 0.3) is 10.1 Å². The van der Waals surface area contributed by atoms with Crippen molar-refractivity contribution in [2.24, 2.45) is 0 Å². The van der Waals surface area contributed by atoms with Crippen molar-refractivity contribution in [2.75, 3.05) is 26.3 Å². The molecule has 1 aliphatic heterocycles. The van der Waals surface area contributed by atoms with E-state index in [4.69, 9.17) is 4.18 Å².